The molecule has 1 aromatic carbocycles. The zero-order chi connectivity index (χ0) is 13.8. The van der Waals surface area contributed by atoms with Crippen molar-refractivity contribution in [3.05, 3.63) is 46.0 Å². The van der Waals surface area contributed by atoms with Gasteiger partial charge >= 0.3 is 0 Å². The number of carbonyl (C=O) groups is 1. The molecular weight excluding hydrogens is 281 g/mol. The number of hydrogen-bond donors (Lipinski definition) is 1. The van der Waals surface area contributed by atoms with Crippen molar-refractivity contribution in [2.75, 3.05) is 0 Å². The molecule has 1 aromatic rings. The monoisotopic (exact) mass is 297 g/mol. The maximum atomic E-state index is 11.9. The molecule has 0 heterocycles. The Morgan fingerprint density at radius 3 is 2.89 bits per heavy atom. The van der Waals surface area contributed by atoms with E-state index in [0.29, 0.717) is 22.4 Å². The molecule has 0 spiro atoms. The Balaban J connectivity index is 1.94. The first-order valence-corrected chi connectivity index (χ1v) is 7.23. The molecule has 0 saturated carbocycles. The first kappa shape index (κ1) is 14.4. The third-order valence-electron chi connectivity index (χ3n) is 3.37. The summed E-state index contributed by atoms with van der Waals surface area (Å²) in [6.45, 7) is 1.93. The van der Waals surface area contributed by atoms with E-state index in [2.05, 4.69) is 17.5 Å². The highest BCUT2D eigenvalue weighted by Crippen LogP contribution is 2.26. The van der Waals surface area contributed by atoms with Gasteiger partial charge in [-0.1, -0.05) is 41.4 Å². The van der Waals surface area contributed by atoms with Crippen LogP contribution in [0.3, 0.4) is 0 Å². The summed E-state index contributed by atoms with van der Waals surface area (Å²) < 4.78 is 0. The van der Waals surface area contributed by atoms with Crippen LogP contribution in [0, 0.1) is 5.92 Å². The maximum Gasteiger partial charge on any atom is 0.221 e. The fraction of sp³-hybridized carbons (Fsp3) is 0.400. The second-order valence-electron chi connectivity index (χ2n) is 4.92. The number of hydrogen-bond acceptors (Lipinski definition) is 1. The first-order valence-electron chi connectivity index (χ1n) is 6.47. The van der Waals surface area contributed by atoms with Gasteiger partial charge in [0.05, 0.1) is 6.04 Å². The minimum atomic E-state index is -0.109. The third-order valence-corrected chi connectivity index (χ3v) is 3.93. The van der Waals surface area contributed by atoms with Crippen LogP contribution in [0.15, 0.2) is 30.4 Å². The lowest BCUT2D eigenvalue weighted by Gasteiger charge is -2.17. The van der Waals surface area contributed by atoms with Crippen LogP contribution in [0.4, 0.5) is 0 Å². The normalized spacial score (nSPS) is 19.4. The van der Waals surface area contributed by atoms with Gasteiger partial charge < -0.3 is 5.32 Å². The van der Waals surface area contributed by atoms with Crippen LogP contribution in [-0.2, 0) is 4.79 Å². The molecule has 0 fully saturated rings. The average Bonchev–Trinajstić information content (AvgIpc) is 2.81. The summed E-state index contributed by atoms with van der Waals surface area (Å²) in [5.41, 5.74) is 0.890. The molecule has 2 rings (SSSR count). The van der Waals surface area contributed by atoms with Gasteiger partial charge in [0, 0.05) is 16.5 Å². The summed E-state index contributed by atoms with van der Waals surface area (Å²) >= 11 is 12.0. The molecule has 2 nitrogen and oxygen atoms in total. The highest BCUT2D eigenvalue weighted by Gasteiger charge is 2.17. The summed E-state index contributed by atoms with van der Waals surface area (Å²) in [4.78, 5) is 11.9. The topological polar surface area (TPSA) is 29.1 Å². The fourth-order valence-electron chi connectivity index (χ4n) is 2.33. The predicted octanol–water partition coefficient (Wildman–Crippen LogP) is 4.53. The Bertz CT molecular complexity index is 499. The third kappa shape index (κ3) is 3.99. The van der Waals surface area contributed by atoms with E-state index in [4.69, 9.17) is 23.2 Å². The van der Waals surface area contributed by atoms with Gasteiger partial charge in [-0.05, 0) is 43.4 Å². The molecule has 4 heteroatoms. The first-order chi connectivity index (χ1) is 9.06. The fourth-order valence-corrected chi connectivity index (χ4v) is 2.91. The van der Waals surface area contributed by atoms with E-state index in [0.717, 1.165) is 18.4 Å². The standard InChI is InChI=1S/C15H17Cl2NO/c1-10(13-7-6-12(16)9-14(13)17)18-15(19)8-11-4-2-3-5-11/h2,4,6-7,9-11H,3,5,8H2,1H3,(H,18,19)/t10-,11-/m1/s1. The SMILES string of the molecule is C[C@@H](NC(=O)C[C@@H]1C=CCC1)c1ccc(Cl)cc1Cl. The van der Waals surface area contributed by atoms with E-state index in [-0.39, 0.29) is 11.9 Å². The number of allylic oxidation sites excluding steroid dienone is 2. The van der Waals surface area contributed by atoms with Crippen LogP contribution in [0.5, 0.6) is 0 Å². The zero-order valence-electron chi connectivity index (χ0n) is 10.8. The summed E-state index contributed by atoms with van der Waals surface area (Å²) in [5.74, 6) is 0.447. The predicted molar refractivity (Wildman–Crippen MR) is 79.5 cm³/mol. The molecule has 0 radical (unpaired) electrons. The van der Waals surface area contributed by atoms with Gasteiger partial charge in [-0.25, -0.2) is 0 Å². The second-order valence-corrected chi connectivity index (χ2v) is 5.77. The van der Waals surface area contributed by atoms with Gasteiger partial charge in [0.1, 0.15) is 0 Å². The number of rotatable bonds is 4. The van der Waals surface area contributed by atoms with Crippen molar-refractivity contribution in [3.8, 4) is 0 Å². The highest BCUT2D eigenvalue weighted by molar-refractivity contribution is 6.35. The van der Waals surface area contributed by atoms with Crippen LogP contribution < -0.4 is 5.32 Å². The van der Waals surface area contributed by atoms with Crippen LogP contribution >= 0.6 is 23.2 Å². The molecule has 19 heavy (non-hydrogen) atoms. The minimum Gasteiger partial charge on any atom is -0.350 e. The van der Waals surface area contributed by atoms with Crippen LogP contribution in [0.25, 0.3) is 0 Å². The Morgan fingerprint density at radius 2 is 2.26 bits per heavy atom. The quantitative estimate of drug-likeness (QED) is 0.813. The summed E-state index contributed by atoms with van der Waals surface area (Å²) in [6.07, 6.45) is 6.96. The Kier molecular flexibility index (Phi) is 4.89. The zero-order valence-corrected chi connectivity index (χ0v) is 12.3. The van der Waals surface area contributed by atoms with Gasteiger partial charge in [-0.3, -0.25) is 4.79 Å². The summed E-state index contributed by atoms with van der Waals surface area (Å²) in [7, 11) is 0. The lowest BCUT2D eigenvalue weighted by atomic mass is 10.0. The molecule has 1 N–H and O–H groups in total. The maximum absolute atomic E-state index is 11.9. The molecule has 0 unspecified atom stereocenters. The molecule has 0 aromatic heterocycles. The number of halogens is 2. The van der Waals surface area contributed by atoms with Crippen molar-refractivity contribution in [3.63, 3.8) is 0 Å². The number of carbonyl (C=O) groups excluding carboxylic acids is 1. The molecule has 0 aliphatic heterocycles. The lowest BCUT2D eigenvalue weighted by molar-refractivity contribution is -0.122. The number of nitrogens with one attached hydrogen (secondary N) is 1. The van der Waals surface area contributed by atoms with Crippen LogP contribution in [0.1, 0.15) is 37.8 Å². The molecule has 0 bridgehead atoms. The van der Waals surface area contributed by atoms with E-state index >= 15 is 0 Å². The van der Waals surface area contributed by atoms with Crippen molar-refractivity contribution >= 4 is 29.1 Å². The van der Waals surface area contributed by atoms with Crippen molar-refractivity contribution in [2.24, 2.45) is 5.92 Å². The van der Waals surface area contributed by atoms with Crippen molar-refractivity contribution in [1.29, 1.82) is 0 Å². The lowest BCUT2D eigenvalue weighted by Crippen LogP contribution is -2.28. The Morgan fingerprint density at radius 1 is 1.47 bits per heavy atom. The summed E-state index contributed by atoms with van der Waals surface area (Å²) in [5, 5.41) is 4.17. The van der Waals surface area contributed by atoms with Gasteiger partial charge in [0.2, 0.25) is 5.91 Å². The van der Waals surface area contributed by atoms with Gasteiger partial charge in [-0.15, -0.1) is 0 Å². The molecule has 0 saturated heterocycles. The summed E-state index contributed by atoms with van der Waals surface area (Å²) in [6, 6.07) is 5.22. The van der Waals surface area contributed by atoms with E-state index in [9.17, 15) is 4.79 Å². The van der Waals surface area contributed by atoms with E-state index in [1.165, 1.54) is 0 Å². The number of amides is 1. The highest BCUT2D eigenvalue weighted by atomic mass is 35.5. The van der Waals surface area contributed by atoms with Crippen molar-refractivity contribution in [1.82, 2.24) is 5.32 Å². The van der Waals surface area contributed by atoms with Gasteiger partial charge in [-0.2, -0.15) is 0 Å². The molecule has 2 atom stereocenters. The van der Waals surface area contributed by atoms with Crippen molar-refractivity contribution < 1.29 is 4.79 Å². The minimum absolute atomic E-state index is 0.0649. The van der Waals surface area contributed by atoms with E-state index in [1.807, 2.05) is 13.0 Å². The van der Waals surface area contributed by atoms with Crippen LogP contribution in [-0.4, -0.2) is 5.91 Å². The molecule has 1 amide bonds. The number of benzene rings is 1. The van der Waals surface area contributed by atoms with E-state index in [1.54, 1.807) is 12.1 Å². The van der Waals surface area contributed by atoms with Gasteiger partial charge in [0.15, 0.2) is 0 Å². The molecule has 102 valence electrons. The van der Waals surface area contributed by atoms with Crippen LogP contribution in [0.2, 0.25) is 10.0 Å². The molecule has 1 aliphatic carbocycles. The average molecular weight is 298 g/mol. The smallest absolute Gasteiger partial charge is 0.221 e. The van der Waals surface area contributed by atoms with Crippen molar-refractivity contribution in [2.45, 2.75) is 32.2 Å². The Labute approximate surface area is 123 Å². The molecule has 1 aliphatic rings. The van der Waals surface area contributed by atoms with Gasteiger partial charge in [0.25, 0.3) is 0 Å². The Hall–Kier alpha value is -0.990. The second kappa shape index (κ2) is 6.44. The van der Waals surface area contributed by atoms with E-state index < -0.39 is 0 Å². The largest absolute Gasteiger partial charge is 0.350 e. The molecular formula is C15H17Cl2NO.